The molecule has 0 unspecified atom stereocenters. The van der Waals surface area contributed by atoms with Gasteiger partial charge in [0.2, 0.25) is 0 Å². The van der Waals surface area contributed by atoms with E-state index in [2.05, 4.69) is 0 Å². The number of hydrogen-bond acceptors (Lipinski definition) is 2. The summed E-state index contributed by atoms with van der Waals surface area (Å²) in [5, 5.41) is 0. The quantitative estimate of drug-likeness (QED) is 0.616. The average molecular weight is 279 g/mol. The monoisotopic (exact) mass is 279 g/mol. The van der Waals surface area contributed by atoms with Crippen LogP contribution in [0.2, 0.25) is 0 Å². The Kier molecular flexibility index (Phi) is 3.03. The Bertz CT molecular complexity index is 567. The predicted molar refractivity (Wildman–Crippen MR) is 53.7 cm³/mol. The molecular formula is C11H6F5NO2. The third-order valence-electron chi connectivity index (χ3n) is 2.63. The Morgan fingerprint density at radius 2 is 1.63 bits per heavy atom. The molecule has 1 aromatic carbocycles. The minimum Gasteiger partial charge on any atom is -0.304 e. The van der Waals surface area contributed by atoms with E-state index in [-0.39, 0.29) is 5.69 Å². The summed E-state index contributed by atoms with van der Waals surface area (Å²) < 4.78 is 62.3. The van der Waals surface area contributed by atoms with Crippen LogP contribution in [0.3, 0.4) is 0 Å². The van der Waals surface area contributed by atoms with Crippen molar-refractivity contribution in [2.24, 2.45) is 0 Å². The molecule has 3 nitrogen and oxygen atoms in total. The Morgan fingerprint density at radius 3 is 2.21 bits per heavy atom. The molecule has 19 heavy (non-hydrogen) atoms. The molecule has 1 aromatic rings. The van der Waals surface area contributed by atoms with Crippen molar-refractivity contribution in [2.75, 3.05) is 11.4 Å². The van der Waals surface area contributed by atoms with Crippen molar-refractivity contribution in [3.63, 3.8) is 0 Å². The zero-order valence-electron chi connectivity index (χ0n) is 9.22. The molecule has 0 aliphatic carbocycles. The third-order valence-corrected chi connectivity index (χ3v) is 2.63. The summed E-state index contributed by atoms with van der Waals surface area (Å²) in [6, 6.07) is 1.06. The lowest BCUT2D eigenvalue weighted by molar-refractivity contribution is -0.133. The van der Waals surface area contributed by atoms with Gasteiger partial charge in [-0.2, -0.15) is 13.2 Å². The van der Waals surface area contributed by atoms with Crippen LogP contribution in [0.4, 0.5) is 27.6 Å². The number of anilines is 1. The molecule has 0 fully saturated rings. The van der Waals surface area contributed by atoms with Gasteiger partial charge in [-0.25, -0.2) is 8.78 Å². The van der Waals surface area contributed by atoms with Crippen molar-refractivity contribution in [3.8, 4) is 0 Å². The maximum absolute atomic E-state index is 13.0. The van der Waals surface area contributed by atoms with E-state index in [1.807, 2.05) is 0 Å². The fourth-order valence-electron chi connectivity index (χ4n) is 1.75. The Labute approximate surface area is 103 Å². The number of rotatable bonds is 2. The van der Waals surface area contributed by atoms with Gasteiger partial charge in [-0.3, -0.25) is 9.59 Å². The highest BCUT2D eigenvalue weighted by molar-refractivity contribution is 6.52. The molecule has 0 saturated carbocycles. The predicted octanol–water partition coefficient (Wildman–Crippen LogP) is 2.45. The molecule has 0 saturated heterocycles. The van der Waals surface area contributed by atoms with Gasteiger partial charge in [-0.15, -0.1) is 0 Å². The van der Waals surface area contributed by atoms with Crippen LogP contribution in [0.1, 0.15) is 16.8 Å². The van der Waals surface area contributed by atoms with Crippen LogP contribution in [-0.2, 0) is 4.79 Å². The highest BCUT2D eigenvalue weighted by Gasteiger charge is 2.39. The van der Waals surface area contributed by atoms with Crippen molar-refractivity contribution in [2.45, 2.75) is 12.6 Å². The first-order valence-electron chi connectivity index (χ1n) is 5.12. The van der Waals surface area contributed by atoms with Crippen molar-refractivity contribution in [3.05, 3.63) is 29.3 Å². The number of Topliss-reactive ketones (excluding diaryl/α,β-unsaturated/α-hetero) is 1. The van der Waals surface area contributed by atoms with E-state index in [0.29, 0.717) is 17.0 Å². The van der Waals surface area contributed by atoms with Gasteiger partial charge in [0.1, 0.15) is 0 Å². The highest BCUT2D eigenvalue weighted by Crippen LogP contribution is 2.32. The second kappa shape index (κ2) is 4.29. The lowest BCUT2D eigenvalue weighted by atomic mass is 10.1. The molecule has 2 rings (SSSR count). The number of benzene rings is 1. The number of fused-ring (bicyclic) bond motifs is 1. The van der Waals surface area contributed by atoms with Gasteiger partial charge in [0.25, 0.3) is 11.7 Å². The molecular weight excluding hydrogens is 273 g/mol. The first-order valence-corrected chi connectivity index (χ1v) is 5.12. The standard InChI is InChI=1S/C11H6F5NO2/c12-6-3-5-8(4-7(6)13)17(10(19)9(5)18)2-1-11(14,15)16/h3-4H,1-2H2. The van der Waals surface area contributed by atoms with Crippen LogP contribution < -0.4 is 4.90 Å². The number of carbonyl (C=O) groups excluding carboxylic acids is 2. The van der Waals surface area contributed by atoms with E-state index in [1.54, 1.807) is 0 Å². The summed E-state index contributed by atoms with van der Waals surface area (Å²) in [5.41, 5.74) is -0.760. The van der Waals surface area contributed by atoms with Gasteiger partial charge in [0.05, 0.1) is 17.7 Å². The van der Waals surface area contributed by atoms with E-state index < -0.39 is 48.0 Å². The molecule has 102 valence electrons. The Balaban J connectivity index is 2.36. The zero-order valence-corrected chi connectivity index (χ0v) is 9.22. The lowest BCUT2D eigenvalue weighted by Gasteiger charge is -2.17. The highest BCUT2D eigenvalue weighted by atomic mass is 19.4. The second-order valence-electron chi connectivity index (χ2n) is 3.93. The average Bonchev–Trinajstić information content (AvgIpc) is 2.51. The molecule has 8 heteroatoms. The summed E-state index contributed by atoms with van der Waals surface area (Å²) in [6.07, 6.45) is -5.87. The van der Waals surface area contributed by atoms with Crippen LogP contribution in [-0.4, -0.2) is 24.4 Å². The molecule has 1 heterocycles. The molecule has 1 aliphatic rings. The first kappa shape index (κ1) is 13.4. The van der Waals surface area contributed by atoms with E-state index in [4.69, 9.17) is 0 Å². The number of carbonyl (C=O) groups is 2. The molecule has 1 aliphatic heterocycles. The van der Waals surface area contributed by atoms with Crippen LogP contribution in [0.25, 0.3) is 0 Å². The van der Waals surface area contributed by atoms with Gasteiger partial charge in [0.15, 0.2) is 11.6 Å². The maximum atomic E-state index is 13.0. The van der Waals surface area contributed by atoms with Crippen LogP contribution in [0.5, 0.6) is 0 Å². The number of nitrogens with zero attached hydrogens (tertiary/aromatic N) is 1. The SMILES string of the molecule is O=C1C(=O)N(CCC(F)(F)F)c2cc(F)c(F)cc21. The van der Waals surface area contributed by atoms with Crippen molar-refractivity contribution >= 4 is 17.4 Å². The first-order chi connectivity index (χ1) is 8.70. The Hall–Kier alpha value is -1.99. The third kappa shape index (κ3) is 2.42. The van der Waals surface area contributed by atoms with E-state index in [1.165, 1.54) is 0 Å². The Morgan fingerprint density at radius 1 is 1.05 bits per heavy atom. The smallest absolute Gasteiger partial charge is 0.304 e. The van der Waals surface area contributed by atoms with Crippen molar-refractivity contribution < 1.29 is 31.5 Å². The van der Waals surface area contributed by atoms with Crippen LogP contribution in [0, 0.1) is 11.6 Å². The summed E-state index contributed by atoms with van der Waals surface area (Å²) in [5.74, 6) is -5.03. The van der Waals surface area contributed by atoms with Crippen LogP contribution >= 0.6 is 0 Å². The normalized spacial score (nSPS) is 15.1. The lowest BCUT2D eigenvalue weighted by Crippen LogP contribution is -2.33. The summed E-state index contributed by atoms with van der Waals surface area (Å²) in [6.45, 7) is -0.813. The summed E-state index contributed by atoms with van der Waals surface area (Å²) in [7, 11) is 0. The second-order valence-corrected chi connectivity index (χ2v) is 3.93. The van der Waals surface area contributed by atoms with Crippen molar-refractivity contribution in [1.82, 2.24) is 0 Å². The zero-order chi connectivity index (χ0) is 14.4. The fourth-order valence-corrected chi connectivity index (χ4v) is 1.75. The largest absolute Gasteiger partial charge is 0.390 e. The number of amides is 1. The van der Waals surface area contributed by atoms with Gasteiger partial charge < -0.3 is 4.90 Å². The van der Waals surface area contributed by atoms with E-state index in [0.717, 1.165) is 0 Å². The molecule has 1 amide bonds. The van der Waals surface area contributed by atoms with Crippen molar-refractivity contribution in [1.29, 1.82) is 0 Å². The van der Waals surface area contributed by atoms with Crippen LogP contribution in [0.15, 0.2) is 12.1 Å². The minimum absolute atomic E-state index is 0.335. The van der Waals surface area contributed by atoms with Gasteiger partial charge in [0, 0.05) is 12.6 Å². The summed E-state index contributed by atoms with van der Waals surface area (Å²) in [4.78, 5) is 23.4. The number of halogens is 5. The molecule has 0 N–H and O–H groups in total. The van der Waals surface area contributed by atoms with E-state index >= 15 is 0 Å². The molecule has 0 atom stereocenters. The fraction of sp³-hybridized carbons (Fsp3) is 0.273. The number of ketones is 1. The summed E-state index contributed by atoms with van der Waals surface area (Å²) >= 11 is 0. The molecule has 0 aromatic heterocycles. The van der Waals surface area contributed by atoms with E-state index in [9.17, 15) is 31.5 Å². The topological polar surface area (TPSA) is 37.4 Å². The number of hydrogen-bond donors (Lipinski definition) is 0. The molecule has 0 spiro atoms. The van der Waals surface area contributed by atoms with Gasteiger partial charge >= 0.3 is 6.18 Å². The number of alkyl halides is 3. The van der Waals surface area contributed by atoms with Gasteiger partial charge in [-0.05, 0) is 6.07 Å². The molecule has 0 radical (unpaired) electrons. The van der Waals surface area contributed by atoms with Gasteiger partial charge in [-0.1, -0.05) is 0 Å². The minimum atomic E-state index is -4.52. The maximum Gasteiger partial charge on any atom is 0.390 e. The molecule has 0 bridgehead atoms.